The lowest BCUT2D eigenvalue weighted by Crippen LogP contribution is -2.28. The monoisotopic (exact) mass is 334 g/mol. The lowest BCUT2D eigenvalue weighted by Gasteiger charge is -2.18. The number of aryl methyl sites for hydroxylation is 1. The lowest BCUT2D eigenvalue weighted by atomic mass is 9.99. The highest BCUT2D eigenvalue weighted by atomic mass is 32.2. The quantitative estimate of drug-likeness (QED) is 0.839. The summed E-state index contributed by atoms with van der Waals surface area (Å²) in [6, 6.07) is 10.4. The number of rotatable bonds is 3. The van der Waals surface area contributed by atoms with Gasteiger partial charge in [-0.2, -0.15) is 0 Å². The molecule has 0 saturated carbocycles. The second kappa shape index (κ2) is 6.17. The third-order valence-corrected chi connectivity index (χ3v) is 4.79. The fourth-order valence-electron chi connectivity index (χ4n) is 2.90. The molecule has 6 nitrogen and oxygen atoms in total. The molecule has 2 aromatic rings. The summed E-state index contributed by atoms with van der Waals surface area (Å²) in [4.78, 5) is 12.3. The fourth-order valence-corrected chi connectivity index (χ4v) is 3.36. The molecule has 0 unspecified atom stereocenters. The van der Waals surface area contributed by atoms with E-state index in [1.807, 2.05) is 18.2 Å². The molecule has 1 aliphatic carbocycles. The van der Waals surface area contributed by atoms with Crippen molar-refractivity contribution in [2.45, 2.75) is 36.8 Å². The predicted octanol–water partition coefficient (Wildman–Crippen LogP) is 2.12. The molecule has 1 amide bonds. The van der Waals surface area contributed by atoms with Crippen LogP contribution in [0.5, 0.6) is 0 Å². The first-order valence-electron chi connectivity index (χ1n) is 7.46. The molecule has 3 rings (SSSR count). The van der Waals surface area contributed by atoms with Crippen LogP contribution in [0, 0.1) is 0 Å². The van der Waals surface area contributed by atoms with Gasteiger partial charge in [0.05, 0.1) is 6.04 Å². The summed E-state index contributed by atoms with van der Waals surface area (Å²) >= 11 is 0. The Morgan fingerprint density at radius 3 is 2.70 bits per heavy atom. The van der Waals surface area contributed by atoms with Crippen molar-refractivity contribution in [2.75, 3.05) is 0 Å². The highest BCUT2D eigenvalue weighted by molar-refractivity contribution is 7.89. The summed E-state index contributed by atoms with van der Waals surface area (Å²) in [5.74, 6) is -0.502. The summed E-state index contributed by atoms with van der Waals surface area (Å²) in [6.07, 6.45) is 3.93. The van der Waals surface area contributed by atoms with Gasteiger partial charge in [0.15, 0.2) is 5.76 Å². The van der Waals surface area contributed by atoms with Crippen LogP contribution in [0.4, 0.5) is 0 Å². The van der Waals surface area contributed by atoms with Gasteiger partial charge in [-0.1, -0.05) is 30.7 Å². The van der Waals surface area contributed by atoms with Gasteiger partial charge in [0.1, 0.15) is 0 Å². The van der Waals surface area contributed by atoms with E-state index in [0.29, 0.717) is 0 Å². The number of amides is 1. The number of carbonyl (C=O) groups excluding carboxylic acids is 1. The average Bonchev–Trinajstić information content (AvgIpc) is 2.93. The zero-order chi connectivity index (χ0) is 16.4. The Kier molecular flexibility index (Phi) is 4.23. The molecule has 1 atom stereocenters. The normalized spacial score (nSPS) is 18.0. The Hall–Kier alpha value is -2.12. The minimum absolute atomic E-state index is 0.0595. The van der Waals surface area contributed by atoms with E-state index in [4.69, 9.17) is 9.56 Å². The minimum atomic E-state index is -3.95. The number of nitrogens with one attached hydrogen (secondary N) is 1. The molecule has 122 valence electrons. The largest absolute Gasteiger partial charge is 0.438 e. The molecule has 1 aliphatic rings. The molecule has 1 heterocycles. The Morgan fingerprint density at radius 1 is 1.17 bits per heavy atom. The van der Waals surface area contributed by atoms with Crippen molar-refractivity contribution in [3.05, 3.63) is 53.3 Å². The van der Waals surface area contributed by atoms with E-state index in [1.165, 1.54) is 17.7 Å². The fraction of sp³-hybridized carbons (Fsp3) is 0.312. The van der Waals surface area contributed by atoms with Gasteiger partial charge in [-0.25, -0.2) is 13.6 Å². The molecule has 3 N–H and O–H groups in total. The smallest absolute Gasteiger partial charge is 0.287 e. The van der Waals surface area contributed by atoms with Crippen LogP contribution in [-0.2, 0) is 16.4 Å². The summed E-state index contributed by atoms with van der Waals surface area (Å²) in [6.45, 7) is 0. The number of hydrogen-bond donors (Lipinski definition) is 2. The molecule has 0 saturated heterocycles. The number of furan rings is 1. The summed E-state index contributed by atoms with van der Waals surface area (Å²) in [5, 5.41) is 7.50. The third-order valence-electron chi connectivity index (χ3n) is 4.01. The Morgan fingerprint density at radius 2 is 1.96 bits per heavy atom. The molecule has 7 heteroatoms. The summed E-state index contributed by atoms with van der Waals surface area (Å²) < 4.78 is 27.5. The van der Waals surface area contributed by atoms with Crippen molar-refractivity contribution in [3.8, 4) is 0 Å². The lowest BCUT2D eigenvalue weighted by molar-refractivity contribution is 0.0901. The van der Waals surface area contributed by atoms with Gasteiger partial charge in [-0.15, -0.1) is 0 Å². The van der Waals surface area contributed by atoms with Gasteiger partial charge in [-0.05, 0) is 42.5 Å². The summed E-state index contributed by atoms with van der Waals surface area (Å²) in [7, 11) is -3.95. The first kappa shape index (κ1) is 15.8. The first-order chi connectivity index (χ1) is 10.9. The number of sulfonamides is 1. The topological polar surface area (TPSA) is 102 Å². The van der Waals surface area contributed by atoms with E-state index in [0.717, 1.165) is 31.2 Å². The second-order valence-electron chi connectivity index (χ2n) is 5.63. The average molecular weight is 334 g/mol. The maximum Gasteiger partial charge on any atom is 0.287 e. The Labute approximate surface area is 134 Å². The molecule has 0 radical (unpaired) electrons. The van der Waals surface area contributed by atoms with Crippen LogP contribution in [0.2, 0.25) is 0 Å². The van der Waals surface area contributed by atoms with Crippen LogP contribution in [0.25, 0.3) is 0 Å². The standard InChI is InChI=1S/C16H18N2O4S/c17-23(20,21)15-10-9-14(22-15)16(19)18-13-8-4-2-6-11-5-1-3-7-12(11)13/h1,3,5,7,9-10,13H,2,4,6,8H2,(H,18,19)(H2,17,20,21)/t13-/m1/s1. The number of nitrogens with two attached hydrogens (primary N) is 1. The van der Waals surface area contributed by atoms with E-state index >= 15 is 0 Å². The van der Waals surface area contributed by atoms with Crippen molar-refractivity contribution in [3.63, 3.8) is 0 Å². The van der Waals surface area contributed by atoms with E-state index < -0.39 is 21.0 Å². The highest BCUT2D eigenvalue weighted by Gasteiger charge is 2.23. The Balaban J connectivity index is 1.81. The maximum absolute atomic E-state index is 12.3. The molecule has 0 spiro atoms. The van der Waals surface area contributed by atoms with E-state index in [1.54, 1.807) is 0 Å². The second-order valence-corrected chi connectivity index (χ2v) is 7.13. The van der Waals surface area contributed by atoms with E-state index in [9.17, 15) is 13.2 Å². The van der Waals surface area contributed by atoms with Crippen LogP contribution in [-0.4, -0.2) is 14.3 Å². The number of carbonyl (C=O) groups is 1. The SMILES string of the molecule is NS(=O)(=O)c1ccc(C(=O)N[C@@H]2CCCCc3ccccc32)o1. The van der Waals surface area contributed by atoms with E-state index in [2.05, 4.69) is 11.4 Å². The number of hydrogen-bond acceptors (Lipinski definition) is 4. The van der Waals surface area contributed by atoms with Gasteiger partial charge in [0.2, 0.25) is 5.09 Å². The van der Waals surface area contributed by atoms with E-state index in [-0.39, 0.29) is 11.8 Å². The molecule has 0 aliphatic heterocycles. The van der Waals surface area contributed by atoms with Gasteiger partial charge < -0.3 is 9.73 Å². The zero-order valence-corrected chi connectivity index (χ0v) is 13.3. The van der Waals surface area contributed by atoms with Crippen LogP contribution in [0.1, 0.15) is 47.0 Å². The van der Waals surface area contributed by atoms with Crippen LogP contribution >= 0.6 is 0 Å². The first-order valence-corrected chi connectivity index (χ1v) is 9.01. The number of fused-ring (bicyclic) bond motifs is 1. The van der Waals surface area contributed by atoms with Crippen LogP contribution in [0.3, 0.4) is 0 Å². The molecular formula is C16H18N2O4S. The van der Waals surface area contributed by atoms with Crippen LogP contribution in [0.15, 0.2) is 45.9 Å². The van der Waals surface area contributed by atoms with Crippen molar-refractivity contribution < 1.29 is 17.6 Å². The molecule has 1 aromatic heterocycles. The molecule has 0 bridgehead atoms. The number of primary sulfonamides is 1. The van der Waals surface area contributed by atoms with Gasteiger partial charge in [0, 0.05) is 0 Å². The molecule has 23 heavy (non-hydrogen) atoms. The van der Waals surface area contributed by atoms with Gasteiger partial charge >= 0.3 is 0 Å². The Bertz CT molecular complexity index is 826. The van der Waals surface area contributed by atoms with Crippen molar-refractivity contribution in [2.24, 2.45) is 5.14 Å². The molecule has 0 fully saturated rings. The minimum Gasteiger partial charge on any atom is -0.438 e. The van der Waals surface area contributed by atoms with Gasteiger partial charge in [0.25, 0.3) is 15.9 Å². The molecule has 1 aromatic carbocycles. The zero-order valence-electron chi connectivity index (χ0n) is 12.5. The highest BCUT2D eigenvalue weighted by Crippen LogP contribution is 2.28. The van der Waals surface area contributed by atoms with Crippen molar-refractivity contribution in [1.82, 2.24) is 5.32 Å². The van der Waals surface area contributed by atoms with Crippen molar-refractivity contribution >= 4 is 15.9 Å². The molecular weight excluding hydrogens is 316 g/mol. The predicted molar refractivity (Wildman–Crippen MR) is 84.3 cm³/mol. The number of benzene rings is 1. The summed E-state index contributed by atoms with van der Waals surface area (Å²) in [5.41, 5.74) is 2.34. The maximum atomic E-state index is 12.3. The van der Waals surface area contributed by atoms with Crippen LogP contribution < -0.4 is 10.5 Å². The third kappa shape index (κ3) is 3.46. The van der Waals surface area contributed by atoms with Gasteiger partial charge in [-0.3, -0.25) is 4.79 Å². The van der Waals surface area contributed by atoms with Crippen molar-refractivity contribution in [1.29, 1.82) is 0 Å².